The lowest BCUT2D eigenvalue weighted by Crippen LogP contribution is -2.31. The summed E-state index contributed by atoms with van der Waals surface area (Å²) in [6, 6.07) is 5.51. The van der Waals surface area contributed by atoms with E-state index in [4.69, 9.17) is 35.4 Å². The van der Waals surface area contributed by atoms with E-state index in [1.807, 2.05) is 19.1 Å². The number of aryl methyl sites for hydroxylation is 1. The van der Waals surface area contributed by atoms with Gasteiger partial charge in [-0.25, -0.2) is 4.98 Å². The van der Waals surface area contributed by atoms with E-state index in [0.29, 0.717) is 28.1 Å². The summed E-state index contributed by atoms with van der Waals surface area (Å²) in [6.45, 7) is 2.57. The lowest BCUT2D eigenvalue weighted by molar-refractivity contribution is 0.847. The van der Waals surface area contributed by atoms with E-state index in [9.17, 15) is 0 Å². The second kappa shape index (κ2) is 7.54. The number of aromatic nitrogens is 2. The average molecular weight is 341 g/mol. The first-order valence-electron chi connectivity index (χ1n) is 6.33. The molecule has 0 aliphatic rings. The molecule has 2 rings (SSSR count). The van der Waals surface area contributed by atoms with Gasteiger partial charge in [-0.15, -0.1) is 0 Å². The van der Waals surface area contributed by atoms with Crippen LogP contribution in [0.1, 0.15) is 11.3 Å². The van der Waals surface area contributed by atoms with Crippen molar-refractivity contribution in [3.05, 3.63) is 51.9 Å². The van der Waals surface area contributed by atoms with Crippen molar-refractivity contribution < 1.29 is 0 Å². The van der Waals surface area contributed by atoms with Gasteiger partial charge in [0.25, 0.3) is 0 Å². The van der Waals surface area contributed by atoms with E-state index in [1.165, 1.54) is 0 Å². The lowest BCUT2D eigenvalue weighted by atomic mass is 10.2. The molecule has 7 heteroatoms. The maximum atomic E-state index is 6.08. The Morgan fingerprint density at radius 1 is 1.24 bits per heavy atom. The highest BCUT2D eigenvalue weighted by Gasteiger charge is 2.06. The first-order chi connectivity index (χ1) is 10.1. The second-order valence-electron chi connectivity index (χ2n) is 4.35. The number of nitrogens with zero attached hydrogens (tertiary/aromatic N) is 2. The molecular weight excluding hydrogens is 327 g/mol. The highest BCUT2D eigenvalue weighted by molar-refractivity contribution is 7.80. The Hall–Kier alpha value is -1.43. The zero-order chi connectivity index (χ0) is 15.2. The van der Waals surface area contributed by atoms with Gasteiger partial charge in [0, 0.05) is 25.4 Å². The number of hydrogen-bond acceptors (Lipinski definition) is 3. The summed E-state index contributed by atoms with van der Waals surface area (Å²) in [4.78, 5) is 8.42. The molecule has 0 atom stereocenters. The zero-order valence-corrected chi connectivity index (χ0v) is 13.7. The number of nitrogens with one attached hydrogen (secondary N) is 2. The third kappa shape index (κ3) is 4.52. The van der Waals surface area contributed by atoms with Gasteiger partial charge >= 0.3 is 0 Å². The average Bonchev–Trinajstić information content (AvgIpc) is 2.46. The molecule has 2 aromatic rings. The van der Waals surface area contributed by atoms with Gasteiger partial charge in [0.1, 0.15) is 5.82 Å². The molecule has 0 saturated heterocycles. The molecule has 0 radical (unpaired) electrons. The van der Waals surface area contributed by atoms with Crippen molar-refractivity contribution in [3.8, 4) is 0 Å². The summed E-state index contributed by atoms with van der Waals surface area (Å²) in [5, 5.41) is 7.65. The topological polar surface area (TPSA) is 49.8 Å². The van der Waals surface area contributed by atoms with Crippen molar-refractivity contribution >= 4 is 46.4 Å². The summed E-state index contributed by atoms with van der Waals surface area (Å²) in [7, 11) is 0. The number of hydrogen-bond donors (Lipinski definition) is 2. The van der Waals surface area contributed by atoms with Crippen molar-refractivity contribution in [2.75, 3.05) is 11.9 Å². The normalized spacial score (nSPS) is 10.2. The molecule has 2 heterocycles. The van der Waals surface area contributed by atoms with Gasteiger partial charge in [-0.3, -0.25) is 4.98 Å². The monoisotopic (exact) mass is 340 g/mol. The summed E-state index contributed by atoms with van der Waals surface area (Å²) >= 11 is 17.2. The fourth-order valence-corrected chi connectivity index (χ4v) is 2.27. The smallest absolute Gasteiger partial charge is 0.171 e. The minimum Gasteiger partial charge on any atom is -0.362 e. The van der Waals surface area contributed by atoms with E-state index in [0.717, 1.165) is 17.1 Å². The van der Waals surface area contributed by atoms with Crippen LogP contribution in [0.4, 0.5) is 5.82 Å². The molecule has 0 aromatic carbocycles. The Morgan fingerprint density at radius 2 is 2.05 bits per heavy atom. The third-order valence-electron chi connectivity index (χ3n) is 2.80. The van der Waals surface area contributed by atoms with Crippen LogP contribution < -0.4 is 10.6 Å². The highest BCUT2D eigenvalue weighted by Crippen LogP contribution is 2.23. The number of pyridine rings is 2. The predicted octanol–water partition coefficient (Wildman–Crippen LogP) is 3.62. The van der Waals surface area contributed by atoms with E-state index in [-0.39, 0.29) is 0 Å². The van der Waals surface area contributed by atoms with Crippen molar-refractivity contribution in [3.63, 3.8) is 0 Å². The first kappa shape index (κ1) is 15.9. The van der Waals surface area contributed by atoms with Crippen LogP contribution in [0.5, 0.6) is 0 Å². The zero-order valence-electron chi connectivity index (χ0n) is 11.4. The van der Waals surface area contributed by atoms with Crippen LogP contribution in [0, 0.1) is 6.92 Å². The van der Waals surface area contributed by atoms with Gasteiger partial charge in [-0.1, -0.05) is 29.3 Å². The van der Waals surface area contributed by atoms with Gasteiger partial charge in [0.15, 0.2) is 5.11 Å². The van der Waals surface area contributed by atoms with Gasteiger partial charge in [0.2, 0.25) is 0 Å². The predicted molar refractivity (Wildman–Crippen MR) is 91.2 cm³/mol. The third-order valence-corrected chi connectivity index (χ3v) is 3.88. The summed E-state index contributed by atoms with van der Waals surface area (Å²) in [5.41, 5.74) is 1.77. The quantitative estimate of drug-likeness (QED) is 0.832. The number of thiocarbonyl (C=S) groups is 1. The fourth-order valence-electron chi connectivity index (χ4n) is 1.70. The van der Waals surface area contributed by atoms with Crippen LogP contribution in [0.3, 0.4) is 0 Å². The van der Waals surface area contributed by atoms with Gasteiger partial charge in [-0.05, 0) is 36.8 Å². The van der Waals surface area contributed by atoms with Crippen LogP contribution in [0.15, 0.2) is 30.6 Å². The fraction of sp³-hybridized carbons (Fsp3) is 0.214. The van der Waals surface area contributed by atoms with E-state index < -0.39 is 0 Å². The Bertz CT molecular complexity index is 649. The van der Waals surface area contributed by atoms with E-state index in [1.54, 1.807) is 18.5 Å². The Balaban J connectivity index is 1.85. The molecule has 0 aliphatic carbocycles. The van der Waals surface area contributed by atoms with Gasteiger partial charge in [-0.2, -0.15) is 0 Å². The first-order valence-corrected chi connectivity index (χ1v) is 7.49. The van der Waals surface area contributed by atoms with Crippen molar-refractivity contribution in [1.29, 1.82) is 0 Å². The molecule has 0 saturated carbocycles. The molecule has 4 nitrogen and oxygen atoms in total. The standard InChI is InChI=1S/C14H14Cl2N4S/c1-9-3-2-6-18-13(9)20-14(21)19-8-5-11-12(16)10(15)4-7-17-11/h2-4,6-7H,5,8H2,1H3,(H2,18,19,20,21). The molecule has 21 heavy (non-hydrogen) atoms. The number of anilines is 1. The Labute approximate surface area is 138 Å². The van der Waals surface area contributed by atoms with Crippen LogP contribution in [0.2, 0.25) is 10.0 Å². The van der Waals surface area contributed by atoms with E-state index >= 15 is 0 Å². The molecular formula is C14H14Cl2N4S. The van der Waals surface area contributed by atoms with Gasteiger partial charge in [0.05, 0.1) is 15.7 Å². The van der Waals surface area contributed by atoms with Crippen LogP contribution in [0.25, 0.3) is 0 Å². The van der Waals surface area contributed by atoms with Gasteiger partial charge < -0.3 is 10.6 Å². The molecule has 110 valence electrons. The molecule has 0 spiro atoms. The largest absolute Gasteiger partial charge is 0.362 e. The second-order valence-corrected chi connectivity index (χ2v) is 5.55. The maximum absolute atomic E-state index is 6.08. The number of rotatable bonds is 4. The minimum absolute atomic E-state index is 0.486. The summed E-state index contributed by atoms with van der Waals surface area (Å²) < 4.78 is 0. The van der Waals surface area contributed by atoms with Crippen molar-refractivity contribution in [2.45, 2.75) is 13.3 Å². The molecule has 0 amide bonds. The molecule has 2 N–H and O–H groups in total. The van der Waals surface area contributed by atoms with E-state index in [2.05, 4.69) is 20.6 Å². The highest BCUT2D eigenvalue weighted by atomic mass is 35.5. The summed E-state index contributed by atoms with van der Waals surface area (Å²) in [6.07, 6.45) is 3.98. The van der Waals surface area contributed by atoms with Crippen LogP contribution >= 0.6 is 35.4 Å². The SMILES string of the molecule is Cc1cccnc1NC(=S)NCCc1nccc(Cl)c1Cl. The summed E-state index contributed by atoms with van der Waals surface area (Å²) in [5.74, 6) is 0.744. The molecule has 0 fully saturated rings. The Morgan fingerprint density at radius 3 is 2.81 bits per heavy atom. The lowest BCUT2D eigenvalue weighted by Gasteiger charge is -2.11. The molecule has 2 aromatic heterocycles. The minimum atomic E-state index is 0.486. The molecule has 0 unspecified atom stereocenters. The van der Waals surface area contributed by atoms with Crippen molar-refractivity contribution in [1.82, 2.24) is 15.3 Å². The van der Waals surface area contributed by atoms with Crippen molar-refractivity contribution in [2.24, 2.45) is 0 Å². The molecule has 0 bridgehead atoms. The maximum Gasteiger partial charge on any atom is 0.171 e. The Kier molecular flexibility index (Phi) is 5.73. The van der Waals surface area contributed by atoms with Crippen LogP contribution in [-0.2, 0) is 6.42 Å². The number of halogens is 2. The molecule has 0 aliphatic heterocycles. The van der Waals surface area contributed by atoms with Crippen LogP contribution in [-0.4, -0.2) is 21.6 Å².